The minimum absolute atomic E-state index is 0.157. The highest BCUT2D eigenvalue weighted by Gasteiger charge is 2.30. The van der Waals surface area contributed by atoms with Crippen LogP contribution in [0.3, 0.4) is 0 Å². The average molecular weight is 290 g/mol. The van der Waals surface area contributed by atoms with Crippen molar-refractivity contribution >= 4 is 5.91 Å². The number of likely N-dealkylation sites (tertiary alicyclic amines) is 1. The lowest BCUT2D eigenvalue weighted by Crippen LogP contribution is -2.50. The molecule has 1 aliphatic rings. The molecule has 1 aromatic carbocycles. The van der Waals surface area contributed by atoms with Crippen LogP contribution in [0, 0.1) is 5.92 Å². The molecule has 2 N–H and O–H groups in total. The molecule has 0 spiro atoms. The van der Waals surface area contributed by atoms with Gasteiger partial charge in [0, 0.05) is 24.7 Å². The van der Waals surface area contributed by atoms with Crippen LogP contribution in [0.2, 0.25) is 0 Å². The van der Waals surface area contributed by atoms with Crippen LogP contribution in [0.5, 0.6) is 5.75 Å². The molecule has 116 valence electrons. The van der Waals surface area contributed by atoms with Crippen molar-refractivity contribution in [1.82, 2.24) is 4.90 Å². The van der Waals surface area contributed by atoms with Crippen molar-refractivity contribution in [3.05, 3.63) is 29.8 Å². The van der Waals surface area contributed by atoms with Gasteiger partial charge >= 0.3 is 0 Å². The molecule has 4 heteroatoms. The minimum Gasteiger partial charge on any atom is -0.496 e. The van der Waals surface area contributed by atoms with E-state index in [1.807, 2.05) is 29.2 Å². The molecule has 21 heavy (non-hydrogen) atoms. The molecule has 1 amide bonds. The van der Waals surface area contributed by atoms with Gasteiger partial charge in [0.1, 0.15) is 5.75 Å². The summed E-state index contributed by atoms with van der Waals surface area (Å²) in [5.74, 6) is 1.64. The van der Waals surface area contributed by atoms with Crippen LogP contribution >= 0.6 is 0 Å². The molecule has 4 nitrogen and oxygen atoms in total. The Morgan fingerprint density at radius 1 is 1.43 bits per heavy atom. The fourth-order valence-electron chi connectivity index (χ4n) is 3.17. The van der Waals surface area contributed by atoms with Crippen LogP contribution in [0.1, 0.15) is 31.7 Å². The summed E-state index contributed by atoms with van der Waals surface area (Å²) in [6.07, 6.45) is 3.68. The van der Waals surface area contributed by atoms with Crippen molar-refractivity contribution in [2.75, 3.05) is 20.2 Å². The zero-order valence-electron chi connectivity index (χ0n) is 13.0. The molecule has 0 saturated carbocycles. The molecule has 0 bridgehead atoms. The maximum Gasteiger partial charge on any atom is 0.227 e. The van der Waals surface area contributed by atoms with Gasteiger partial charge in [0.25, 0.3) is 0 Å². The smallest absolute Gasteiger partial charge is 0.227 e. The van der Waals surface area contributed by atoms with Gasteiger partial charge in [-0.25, -0.2) is 0 Å². The van der Waals surface area contributed by atoms with E-state index in [4.69, 9.17) is 10.5 Å². The Bertz CT molecular complexity index is 476. The number of hydrogen-bond donors (Lipinski definition) is 1. The summed E-state index contributed by atoms with van der Waals surface area (Å²) in [6, 6.07) is 7.89. The summed E-state index contributed by atoms with van der Waals surface area (Å²) < 4.78 is 5.33. The van der Waals surface area contributed by atoms with E-state index in [9.17, 15) is 4.79 Å². The second-order valence-electron chi connectivity index (χ2n) is 5.76. The Labute approximate surface area is 127 Å². The zero-order valence-corrected chi connectivity index (χ0v) is 13.0. The van der Waals surface area contributed by atoms with Gasteiger partial charge in [0.15, 0.2) is 0 Å². The maximum absolute atomic E-state index is 12.6. The Kier molecular flexibility index (Phi) is 5.62. The van der Waals surface area contributed by atoms with Crippen molar-refractivity contribution in [2.24, 2.45) is 11.7 Å². The number of carbonyl (C=O) groups is 1. The lowest BCUT2D eigenvalue weighted by molar-refractivity contribution is -0.134. The summed E-state index contributed by atoms with van der Waals surface area (Å²) >= 11 is 0. The second-order valence-corrected chi connectivity index (χ2v) is 5.76. The molecule has 2 atom stereocenters. The third-order valence-electron chi connectivity index (χ3n) is 4.53. The van der Waals surface area contributed by atoms with Gasteiger partial charge in [-0.2, -0.15) is 0 Å². The zero-order chi connectivity index (χ0) is 15.2. The molecule has 1 heterocycles. The predicted molar refractivity (Wildman–Crippen MR) is 84.3 cm³/mol. The number of hydrogen-bond acceptors (Lipinski definition) is 3. The van der Waals surface area contributed by atoms with Crippen LogP contribution in [-0.2, 0) is 11.2 Å². The first-order valence-corrected chi connectivity index (χ1v) is 7.81. The molecule has 1 saturated heterocycles. The highest BCUT2D eigenvalue weighted by molar-refractivity contribution is 5.80. The summed E-state index contributed by atoms with van der Waals surface area (Å²) in [5, 5.41) is 0. The number of ether oxygens (including phenoxy) is 1. The molecule has 0 radical (unpaired) electrons. The number of rotatable bonds is 5. The van der Waals surface area contributed by atoms with E-state index in [1.165, 1.54) is 6.42 Å². The Balaban J connectivity index is 2.05. The second kappa shape index (κ2) is 7.46. The lowest BCUT2D eigenvalue weighted by Gasteiger charge is -2.39. The summed E-state index contributed by atoms with van der Waals surface area (Å²) in [4.78, 5) is 14.6. The fraction of sp³-hybridized carbons (Fsp3) is 0.588. The van der Waals surface area contributed by atoms with Crippen molar-refractivity contribution in [3.63, 3.8) is 0 Å². The van der Waals surface area contributed by atoms with Crippen LogP contribution in [0.4, 0.5) is 0 Å². The quantitative estimate of drug-likeness (QED) is 0.904. The van der Waals surface area contributed by atoms with Gasteiger partial charge in [0.05, 0.1) is 13.5 Å². The number of nitrogens with zero attached hydrogens (tertiary/aromatic N) is 1. The first-order valence-electron chi connectivity index (χ1n) is 7.81. The van der Waals surface area contributed by atoms with E-state index in [0.717, 1.165) is 30.7 Å². The van der Waals surface area contributed by atoms with Gasteiger partial charge in [-0.1, -0.05) is 31.5 Å². The van der Waals surface area contributed by atoms with E-state index in [0.29, 0.717) is 18.9 Å². The Morgan fingerprint density at radius 3 is 2.86 bits per heavy atom. The molecule has 1 fully saturated rings. The SMILES string of the molecule is CCC1CCN(C(=O)Cc2ccccc2OC)C(CN)C1. The highest BCUT2D eigenvalue weighted by atomic mass is 16.5. The summed E-state index contributed by atoms with van der Waals surface area (Å²) in [6.45, 7) is 3.59. The standard InChI is InChI=1S/C17H26N2O2/c1-3-13-8-9-19(15(10-13)12-18)17(20)11-14-6-4-5-7-16(14)21-2/h4-7,13,15H,3,8-12,18H2,1-2H3. The largest absolute Gasteiger partial charge is 0.496 e. The third-order valence-corrected chi connectivity index (χ3v) is 4.53. The molecule has 1 aliphatic heterocycles. The average Bonchev–Trinajstić information content (AvgIpc) is 2.54. The lowest BCUT2D eigenvalue weighted by atomic mass is 9.88. The van der Waals surface area contributed by atoms with Gasteiger partial charge in [0.2, 0.25) is 5.91 Å². The number of benzene rings is 1. The predicted octanol–water partition coefficient (Wildman–Crippen LogP) is 2.21. The molecule has 2 rings (SSSR count). The summed E-state index contributed by atoms with van der Waals surface area (Å²) in [5.41, 5.74) is 6.82. The normalized spacial score (nSPS) is 22.1. The van der Waals surface area contributed by atoms with Crippen molar-refractivity contribution in [2.45, 2.75) is 38.6 Å². The van der Waals surface area contributed by atoms with Gasteiger partial charge in [-0.3, -0.25) is 4.79 Å². The molecule has 2 unspecified atom stereocenters. The number of amides is 1. The van der Waals surface area contributed by atoms with Crippen LogP contribution < -0.4 is 10.5 Å². The molecule has 0 aliphatic carbocycles. The van der Waals surface area contributed by atoms with Crippen LogP contribution in [0.25, 0.3) is 0 Å². The number of para-hydroxylation sites is 1. The monoisotopic (exact) mass is 290 g/mol. The van der Waals surface area contributed by atoms with Crippen molar-refractivity contribution in [1.29, 1.82) is 0 Å². The molecule has 0 aromatic heterocycles. The van der Waals surface area contributed by atoms with Gasteiger partial charge < -0.3 is 15.4 Å². The van der Waals surface area contributed by atoms with E-state index in [-0.39, 0.29) is 11.9 Å². The van der Waals surface area contributed by atoms with Crippen LogP contribution in [-0.4, -0.2) is 37.0 Å². The number of nitrogens with two attached hydrogens (primary N) is 1. The van der Waals surface area contributed by atoms with Gasteiger partial charge in [-0.05, 0) is 24.8 Å². The van der Waals surface area contributed by atoms with Crippen molar-refractivity contribution in [3.8, 4) is 5.75 Å². The number of carbonyl (C=O) groups excluding carboxylic acids is 1. The number of methoxy groups -OCH3 is 1. The Hall–Kier alpha value is -1.55. The molecule has 1 aromatic rings. The Morgan fingerprint density at radius 2 is 2.19 bits per heavy atom. The van der Waals surface area contributed by atoms with Gasteiger partial charge in [-0.15, -0.1) is 0 Å². The van der Waals surface area contributed by atoms with E-state index in [1.54, 1.807) is 7.11 Å². The van der Waals surface area contributed by atoms with E-state index in [2.05, 4.69) is 6.92 Å². The third kappa shape index (κ3) is 3.76. The number of piperidine rings is 1. The molecular weight excluding hydrogens is 264 g/mol. The first kappa shape index (κ1) is 15.8. The topological polar surface area (TPSA) is 55.6 Å². The van der Waals surface area contributed by atoms with Crippen molar-refractivity contribution < 1.29 is 9.53 Å². The molecular formula is C17H26N2O2. The summed E-state index contributed by atoms with van der Waals surface area (Å²) in [7, 11) is 1.64. The van der Waals surface area contributed by atoms with E-state index >= 15 is 0 Å². The minimum atomic E-state index is 0.157. The van der Waals surface area contributed by atoms with Crippen LogP contribution in [0.15, 0.2) is 24.3 Å². The fourth-order valence-corrected chi connectivity index (χ4v) is 3.17. The maximum atomic E-state index is 12.6. The first-order chi connectivity index (χ1) is 10.2. The van der Waals surface area contributed by atoms with E-state index < -0.39 is 0 Å². The highest BCUT2D eigenvalue weighted by Crippen LogP contribution is 2.26.